The summed E-state index contributed by atoms with van der Waals surface area (Å²) in [6.45, 7) is 1.78. The summed E-state index contributed by atoms with van der Waals surface area (Å²) in [6, 6.07) is 16.4. The third kappa shape index (κ3) is 4.20. The van der Waals surface area contributed by atoms with Crippen LogP contribution < -0.4 is 10.6 Å². The van der Waals surface area contributed by atoms with Gasteiger partial charge in [-0.05, 0) is 65.9 Å². The van der Waals surface area contributed by atoms with Crippen molar-refractivity contribution in [3.05, 3.63) is 57.7 Å². The maximum Gasteiger partial charge on any atom is 0.246 e. The molecule has 21 heavy (non-hydrogen) atoms. The van der Waals surface area contributed by atoms with E-state index in [2.05, 4.69) is 39.3 Å². The van der Waals surface area contributed by atoms with Gasteiger partial charge in [-0.3, -0.25) is 4.79 Å². The van der Waals surface area contributed by atoms with Gasteiger partial charge in [0.05, 0.1) is 11.3 Å². The summed E-state index contributed by atoms with van der Waals surface area (Å²) in [6.07, 6.45) is 0. The van der Waals surface area contributed by atoms with Crippen LogP contribution >= 0.6 is 22.6 Å². The zero-order chi connectivity index (χ0) is 15.2. The highest BCUT2D eigenvalue weighted by atomic mass is 127. The molecule has 0 heterocycles. The molecule has 0 aliphatic carbocycles. The molecule has 0 aromatic heterocycles. The summed E-state index contributed by atoms with van der Waals surface area (Å²) in [5.41, 5.74) is 1.86. The molecule has 0 spiro atoms. The molecule has 0 radical (unpaired) electrons. The van der Waals surface area contributed by atoms with Crippen LogP contribution in [0.2, 0.25) is 0 Å². The van der Waals surface area contributed by atoms with E-state index in [1.54, 1.807) is 31.2 Å². The number of benzene rings is 2. The number of halogens is 1. The molecule has 0 bridgehead atoms. The second-order valence-corrected chi connectivity index (χ2v) is 5.77. The highest BCUT2D eigenvalue weighted by molar-refractivity contribution is 14.1. The third-order valence-electron chi connectivity index (χ3n) is 2.93. The lowest BCUT2D eigenvalue weighted by Gasteiger charge is -2.15. The van der Waals surface area contributed by atoms with Gasteiger partial charge in [0, 0.05) is 9.26 Å². The van der Waals surface area contributed by atoms with E-state index < -0.39 is 6.04 Å². The minimum atomic E-state index is -0.406. The molecule has 1 amide bonds. The van der Waals surface area contributed by atoms with Crippen LogP contribution in [0.3, 0.4) is 0 Å². The van der Waals surface area contributed by atoms with Crippen molar-refractivity contribution in [2.45, 2.75) is 13.0 Å². The van der Waals surface area contributed by atoms with Crippen LogP contribution in [0, 0.1) is 14.9 Å². The summed E-state index contributed by atoms with van der Waals surface area (Å²) >= 11 is 2.23. The van der Waals surface area contributed by atoms with E-state index in [-0.39, 0.29) is 5.91 Å². The number of anilines is 2. The van der Waals surface area contributed by atoms with Crippen LogP contribution in [0.5, 0.6) is 0 Å². The minimum absolute atomic E-state index is 0.184. The SMILES string of the molecule is C[C@@H](Nc1ccc(I)cc1)C(=O)Nc1ccccc1C#N. The Morgan fingerprint density at radius 1 is 1.19 bits per heavy atom. The van der Waals surface area contributed by atoms with Crippen molar-refractivity contribution >= 4 is 39.9 Å². The van der Waals surface area contributed by atoms with Gasteiger partial charge in [0.15, 0.2) is 0 Å². The normalized spacial score (nSPS) is 11.3. The topological polar surface area (TPSA) is 64.9 Å². The maximum atomic E-state index is 12.2. The number of nitriles is 1. The lowest BCUT2D eigenvalue weighted by atomic mass is 10.2. The Hall–Kier alpha value is -2.07. The summed E-state index contributed by atoms with van der Waals surface area (Å²) < 4.78 is 1.14. The predicted octanol–water partition coefficient (Wildman–Crippen LogP) is 3.60. The second kappa shape index (κ2) is 7.09. The number of hydrogen-bond acceptors (Lipinski definition) is 3. The number of nitrogens with zero attached hydrogens (tertiary/aromatic N) is 1. The molecule has 0 saturated carbocycles. The smallest absolute Gasteiger partial charge is 0.246 e. The first kappa shape index (κ1) is 15.3. The van der Waals surface area contributed by atoms with Crippen molar-refractivity contribution in [2.75, 3.05) is 10.6 Å². The largest absolute Gasteiger partial charge is 0.374 e. The average molecular weight is 391 g/mol. The molecule has 0 unspecified atom stereocenters. The molecule has 2 aromatic carbocycles. The van der Waals surface area contributed by atoms with E-state index in [9.17, 15) is 4.79 Å². The van der Waals surface area contributed by atoms with Gasteiger partial charge in [-0.15, -0.1) is 0 Å². The zero-order valence-electron chi connectivity index (χ0n) is 11.4. The Morgan fingerprint density at radius 3 is 2.52 bits per heavy atom. The van der Waals surface area contributed by atoms with Crippen molar-refractivity contribution in [1.82, 2.24) is 0 Å². The molecular formula is C16H14IN3O. The van der Waals surface area contributed by atoms with E-state index in [1.807, 2.05) is 24.3 Å². The monoisotopic (exact) mass is 391 g/mol. The van der Waals surface area contributed by atoms with E-state index in [0.717, 1.165) is 9.26 Å². The van der Waals surface area contributed by atoms with E-state index in [0.29, 0.717) is 11.3 Å². The number of amides is 1. The molecule has 0 aliphatic rings. The fraction of sp³-hybridized carbons (Fsp3) is 0.125. The van der Waals surface area contributed by atoms with Gasteiger partial charge < -0.3 is 10.6 Å². The van der Waals surface area contributed by atoms with Crippen LogP contribution in [-0.2, 0) is 4.79 Å². The number of para-hydroxylation sites is 1. The van der Waals surface area contributed by atoms with Crippen molar-refractivity contribution in [2.24, 2.45) is 0 Å². The van der Waals surface area contributed by atoms with E-state index in [4.69, 9.17) is 5.26 Å². The third-order valence-corrected chi connectivity index (χ3v) is 3.65. The first-order valence-electron chi connectivity index (χ1n) is 6.42. The van der Waals surface area contributed by atoms with Crippen LogP contribution in [0.25, 0.3) is 0 Å². The quantitative estimate of drug-likeness (QED) is 0.783. The summed E-state index contributed by atoms with van der Waals surface area (Å²) in [4.78, 5) is 12.2. The van der Waals surface area contributed by atoms with Gasteiger partial charge in [0.1, 0.15) is 12.1 Å². The van der Waals surface area contributed by atoms with E-state index >= 15 is 0 Å². The van der Waals surface area contributed by atoms with Crippen molar-refractivity contribution in [3.8, 4) is 6.07 Å². The molecule has 2 aromatic rings. The Bertz CT molecular complexity index is 677. The number of nitrogens with one attached hydrogen (secondary N) is 2. The van der Waals surface area contributed by atoms with E-state index in [1.165, 1.54) is 0 Å². The number of carbonyl (C=O) groups excluding carboxylic acids is 1. The Kier molecular flexibility index (Phi) is 5.17. The molecule has 0 fully saturated rings. The fourth-order valence-corrected chi connectivity index (χ4v) is 2.15. The predicted molar refractivity (Wildman–Crippen MR) is 92.0 cm³/mol. The summed E-state index contributed by atoms with van der Waals surface area (Å²) in [5.74, 6) is -0.184. The molecule has 4 nitrogen and oxygen atoms in total. The molecule has 1 atom stereocenters. The van der Waals surface area contributed by atoms with Crippen LogP contribution in [0.4, 0.5) is 11.4 Å². The van der Waals surface area contributed by atoms with Gasteiger partial charge in [-0.25, -0.2) is 0 Å². The molecule has 0 saturated heterocycles. The molecule has 0 aliphatic heterocycles. The summed E-state index contributed by atoms with van der Waals surface area (Å²) in [7, 11) is 0. The van der Waals surface area contributed by atoms with Gasteiger partial charge in [0.2, 0.25) is 5.91 Å². The first-order chi connectivity index (χ1) is 10.1. The van der Waals surface area contributed by atoms with Gasteiger partial charge in [-0.1, -0.05) is 12.1 Å². The molecule has 5 heteroatoms. The second-order valence-electron chi connectivity index (χ2n) is 4.52. The standard InChI is InChI=1S/C16H14IN3O/c1-11(19-14-8-6-13(17)7-9-14)16(21)20-15-5-3-2-4-12(15)10-18/h2-9,11,19H,1H3,(H,20,21)/t11-/m1/s1. The van der Waals surface area contributed by atoms with Gasteiger partial charge in [0.25, 0.3) is 0 Å². The lowest BCUT2D eigenvalue weighted by Crippen LogP contribution is -2.32. The zero-order valence-corrected chi connectivity index (χ0v) is 13.6. The van der Waals surface area contributed by atoms with Crippen LogP contribution in [-0.4, -0.2) is 11.9 Å². The first-order valence-corrected chi connectivity index (χ1v) is 7.50. The highest BCUT2D eigenvalue weighted by Gasteiger charge is 2.14. The number of rotatable bonds is 4. The maximum absolute atomic E-state index is 12.2. The van der Waals surface area contributed by atoms with Gasteiger partial charge in [-0.2, -0.15) is 5.26 Å². The van der Waals surface area contributed by atoms with Crippen molar-refractivity contribution < 1.29 is 4.79 Å². The highest BCUT2D eigenvalue weighted by Crippen LogP contribution is 2.15. The number of carbonyl (C=O) groups is 1. The average Bonchev–Trinajstić information content (AvgIpc) is 2.50. The van der Waals surface area contributed by atoms with Crippen LogP contribution in [0.15, 0.2) is 48.5 Å². The van der Waals surface area contributed by atoms with Crippen molar-refractivity contribution in [3.63, 3.8) is 0 Å². The lowest BCUT2D eigenvalue weighted by molar-refractivity contribution is -0.116. The Labute approximate surface area is 137 Å². The molecule has 2 rings (SSSR count). The van der Waals surface area contributed by atoms with Gasteiger partial charge >= 0.3 is 0 Å². The Morgan fingerprint density at radius 2 is 1.86 bits per heavy atom. The number of hydrogen-bond donors (Lipinski definition) is 2. The molecular weight excluding hydrogens is 377 g/mol. The minimum Gasteiger partial charge on any atom is -0.374 e. The van der Waals surface area contributed by atoms with Crippen molar-refractivity contribution in [1.29, 1.82) is 5.26 Å². The molecule has 2 N–H and O–H groups in total. The molecule has 106 valence electrons. The van der Waals surface area contributed by atoms with Crippen LogP contribution in [0.1, 0.15) is 12.5 Å². The Balaban J connectivity index is 2.03. The fourth-order valence-electron chi connectivity index (χ4n) is 1.79. The summed E-state index contributed by atoms with van der Waals surface area (Å²) in [5, 5.41) is 14.9.